The molecule has 2 fully saturated rings. The number of rotatable bonds is 6. The number of aliphatic hydroxyl groups is 1. The van der Waals surface area contributed by atoms with Crippen LogP contribution in [-0.2, 0) is 0 Å². The maximum atomic E-state index is 9.33. The van der Waals surface area contributed by atoms with Gasteiger partial charge in [-0.2, -0.15) is 0 Å². The molecule has 3 heteroatoms. The van der Waals surface area contributed by atoms with Gasteiger partial charge in [-0.25, -0.2) is 0 Å². The molecule has 3 unspecified atom stereocenters. The molecule has 0 aromatic carbocycles. The first-order chi connectivity index (χ1) is 7.67. The molecule has 94 valence electrons. The predicted molar refractivity (Wildman–Crippen MR) is 66.2 cm³/mol. The molecule has 0 bridgehead atoms. The van der Waals surface area contributed by atoms with Gasteiger partial charge in [0, 0.05) is 24.7 Å². The highest BCUT2D eigenvalue weighted by atomic mass is 16.3. The van der Waals surface area contributed by atoms with Crippen LogP contribution in [0, 0.1) is 11.8 Å². The topological polar surface area (TPSA) is 58.3 Å². The first kappa shape index (κ1) is 12.3. The van der Waals surface area contributed by atoms with Crippen LogP contribution >= 0.6 is 0 Å². The Hall–Kier alpha value is -0.120. The summed E-state index contributed by atoms with van der Waals surface area (Å²) in [4.78, 5) is 0. The van der Waals surface area contributed by atoms with Crippen molar-refractivity contribution in [2.24, 2.45) is 17.6 Å². The Morgan fingerprint density at radius 2 is 2.06 bits per heavy atom. The molecular weight excluding hydrogens is 200 g/mol. The van der Waals surface area contributed by atoms with Gasteiger partial charge in [-0.15, -0.1) is 0 Å². The van der Waals surface area contributed by atoms with Crippen molar-refractivity contribution in [3.05, 3.63) is 0 Å². The van der Waals surface area contributed by atoms with E-state index in [1.165, 1.54) is 32.1 Å². The fourth-order valence-electron chi connectivity index (χ4n) is 3.05. The molecule has 0 aliphatic heterocycles. The summed E-state index contributed by atoms with van der Waals surface area (Å²) in [6, 6.07) is 0.484. The second-order valence-corrected chi connectivity index (χ2v) is 6.04. The van der Waals surface area contributed by atoms with Crippen molar-refractivity contribution < 1.29 is 5.11 Å². The van der Waals surface area contributed by atoms with Gasteiger partial charge in [0.05, 0.1) is 0 Å². The number of hydrogen-bond donors (Lipinski definition) is 3. The third-order valence-corrected chi connectivity index (χ3v) is 4.31. The maximum Gasteiger partial charge on any atom is 0.0474 e. The van der Waals surface area contributed by atoms with Gasteiger partial charge < -0.3 is 16.2 Å². The van der Waals surface area contributed by atoms with E-state index in [1.807, 2.05) is 0 Å². The van der Waals surface area contributed by atoms with Crippen molar-refractivity contribution in [2.45, 2.75) is 57.0 Å². The van der Waals surface area contributed by atoms with Gasteiger partial charge in [0.25, 0.3) is 0 Å². The number of aliphatic hydroxyl groups excluding tert-OH is 1. The zero-order valence-electron chi connectivity index (χ0n) is 10.4. The molecule has 4 N–H and O–H groups in total. The largest absolute Gasteiger partial charge is 0.396 e. The van der Waals surface area contributed by atoms with E-state index in [0.717, 1.165) is 12.3 Å². The molecule has 2 aliphatic carbocycles. The minimum absolute atomic E-state index is 0.0869. The second kappa shape index (κ2) is 5.03. The number of nitrogens with two attached hydrogens (primary N) is 1. The van der Waals surface area contributed by atoms with E-state index in [1.54, 1.807) is 0 Å². The third-order valence-electron chi connectivity index (χ3n) is 4.31. The lowest BCUT2D eigenvalue weighted by atomic mass is 9.91. The highest BCUT2D eigenvalue weighted by molar-refractivity contribution is 4.95. The molecule has 0 saturated heterocycles. The SMILES string of the molecule is CC(CN)(CC1CC1)NC1CCCC1CO. The lowest BCUT2D eigenvalue weighted by molar-refractivity contribution is 0.179. The van der Waals surface area contributed by atoms with Crippen molar-refractivity contribution in [1.82, 2.24) is 5.32 Å². The number of hydrogen-bond acceptors (Lipinski definition) is 3. The van der Waals surface area contributed by atoms with Gasteiger partial charge in [0.1, 0.15) is 0 Å². The van der Waals surface area contributed by atoms with Crippen molar-refractivity contribution >= 4 is 0 Å². The van der Waals surface area contributed by atoms with Gasteiger partial charge in [0.2, 0.25) is 0 Å². The zero-order chi connectivity index (χ0) is 11.6. The summed E-state index contributed by atoms with van der Waals surface area (Å²) >= 11 is 0. The first-order valence-electron chi connectivity index (χ1n) is 6.75. The Morgan fingerprint density at radius 3 is 2.62 bits per heavy atom. The van der Waals surface area contributed by atoms with E-state index in [4.69, 9.17) is 5.73 Å². The molecule has 3 nitrogen and oxygen atoms in total. The van der Waals surface area contributed by atoms with Gasteiger partial charge in [-0.1, -0.05) is 19.3 Å². The quantitative estimate of drug-likeness (QED) is 0.639. The minimum atomic E-state index is 0.0869. The fraction of sp³-hybridized carbons (Fsp3) is 1.00. The third kappa shape index (κ3) is 2.96. The van der Waals surface area contributed by atoms with Crippen LogP contribution in [0.4, 0.5) is 0 Å². The van der Waals surface area contributed by atoms with Gasteiger partial charge in [0.15, 0.2) is 0 Å². The van der Waals surface area contributed by atoms with E-state index in [0.29, 0.717) is 25.1 Å². The van der Waals surface area contributed by atoms with Crippen molar-refractivity contribution in [3.8, 4) is 0 Å². The summed E-state index contributed by atoms with van der Waals surface area (Å²) in [5.74, 6) is 1.35. The van der Waals surface area contributed by atoms with E-state index in [2.05, 4.69) is 12.2 Å². The summed E-state index contributed by atoms with van der Waals surface area (Å²) in [5.41, 5.74) is 6.01. The van der Waals surface area contributed by atoms with Crippen LogP contribution in [0.2, 0.25) is 0 Å². The molecule has 0 aromatic heterocycles. The normalized spacial score (nSPS) is 33.9. The Balaban J connectivity index is 1.88. The van der Waals surface area contributed by atoms with E-state index in [9.17, 15) is 5.11 Å². The fourth-order valence-corrected chi connectivity index (χ4v) is 3.05. The molecule has 0 aromatic rings. The summed E-state index contributed by atoms with van der Waals surface area (Å²) in [6.45, 7) is 3.28. The average molecular weight is 226 g/mol. The van der Waals surface area contributed by atoms with E-state index < -0.39 is 0 Å². The van der Waals surface area contributed by atoms with Crippen LogP contribution in [0.25, 0.3) is 0 Å². The van der Waals surface area contributed by atoms with Crippen molar-refractivity contribution in [1.29, 1.82) is 0 Å². The minimum Gasteiger partial charge on any atom is -0.396 e. The Morgan fingerprint density at radius 1 is 1.31 bits per heavy atom. The van der Waals surface area contributed by atoms with Crippen LogP contribution in [0.5, 0.6) is 0 Å². The Bertz CT molecular complexity index is 230. The summed E-state index contributed by atoms with van der Waals surface area (Å²) in [7, 11) is 0. The van der Waals surface area contributed by atoms with Gasteiger partial charge >= 0.3 is 0 Å². The van der Waals surface area contributed by atoms with Crippen molar-refractivity contribution in [3.63, 3.8) is 0 Å². The molecule has 0 heterocycles. The molecule has 0 amide bonds. The maximum absolute atomic E-state index is 9.33. The smallest absolute Gasteiger partial charge is 0.0474 e. The molecule has 2 aliphatic rings. The van der Waals surface area contributed by atoms with Crippen LogP contribution in [0.15, 0.2) is 0 Å². The summed E-state index contributed by atoms with van der Waals surface area (Å²) in [6.07, 6.45) is 7.57. The van der Waals surface area contributed by atoms with E-state index in [-0.39, 0.29) is 5.54 Å². The predicted octanol–water partition coefficient (Wildman–Crippen LogP) is 1.25. The van der Waals surface area contributed by atoms with Crippen LogP contribution in [0.1, 0.15) is 45.4 Å². The first-order valence-corrected chi connectivity index (χ1v) is 6.75. The van der Waals surface area contributed by atoms with Crippen LogP contribution in [0.3, 0.4) is 0 Å². The molecule has 2 rings (SSSR count). The van der Waals surface area contributed by atoms with Crippen LogP contribution < -0.4 is 11.1 Å². The zero-order valence-corrected chi connectivity index (χ0v) is 10.4. The highest BCUT2D eigenvalue weighted by Gasteiger charge is 2.36. The molecular formula is C13H26N2O. The summed E-state index contributed by atoms with van der Waals surface area (Å²) < 4.78 is 0. The molecule has 16 heavy (non-hydrogen) atoms. The molecule has 0 spiro atoms. The standard InChI is InChI=1S/C13H26N2O/c1-13(9-14,7-10-5-6-10)15-12-4-2-3-11(12)8-16/h10-12,15-16H,2-9,14H2,1H3. The van der Waals surface area contributed by atoms with Crippen LogP contribution in [-0.4, -0.2) is 29.8 Å². The molecule has 3 atom stereocenters. The monoisotopic (exact) mass is 226 g/mol. The van der Waals surface area contributed by atoms with E-state index >= 15 is 0 Å². The Labute approximate surface area is 98.8 Å². The molecule has 0 radical (unpaired) electrons. The number of nitrogens with one attached hydrogen (secondary N) is 1. The lowest BCUT2D eigenvalue weighted by Gasteiger charge is -2.35. The average Bonchev–Trinajstić information content (AvgIpc) is 2.96. The van der Waals surface area contributed by atoms with Gasteiger partial charge in [-0.3, -0.25) is 0 Å². The highest BCUT2D eigenvalue weighted by Crippen LogP contribution is 2.37. The summed E-state index contributed by atoms with van der Waals surface area (Å²) in [5, 5.41) is 13.1. The molecule has 2 saturated carbocycles. The van der Waals surface area contributed by atoms with Crippen molar-refractivity contribution in [2.75, 3.05) is 13.2 Å². The Kier molecular flexibility index (Phi) is 3.88. The second-order valence-electron chi connectivity index (χ2n) is 6.04. The lowest BCUT2D eigenvalue weighted by Crippen LogP contribution is -2.54. The van der Waals surface area contributed by atoms with Gasteiger partial charge in [-0.05, 0) is 38.0 Å².